The second-order valence-electron chi connectivity index (χ2n) is 5.02. The molecule has 0 atom stereocenters. The molecule has 1 N–H and O–H groups in total. The van der Waals surface area contributed by atoms with E-state index in [2.05, 4.69) is 5.09 Å². The summed E-state index contributed by atoms with van der Waals surface area (Å²) in [5.74, 6) is 0.792. The van der Waals surface area contributed by atoms with Gasteiger partial charge in [-0.1, -0.05) is 65.7 Å². The first-order valence-electron chi connectivity index (χ1n) is 7.37. The summed E-state index contributed by atoms with van der Waals surface area (Å²) in [7, 11) is -3.82. The molecule has 0 aromatic heterocycles. The van der Waals surface area contributed by atoms with Gasteiger partial charge in [0.1, 0.15) is 11.5 Å². The van der Waals surface area contributed by atoms with Crippen molar-refractivity contribution in [1.29, 1.82) is 0 Å². The molecule has 0 radical (unpaired) electrons. The fourth-order valence-corrected chi connectivity index (χ4v) is 3.86. The van der Waals surface area contributed by atoms with Gasteiger partial charge in [-0.25, -0.2) is 4.57 Å². The van der Waals surface area contributed by atoms with Gasteiger partial charge in [-0.2, -0.15) is 0 Å². The number of anilines is 1. The van der Waals surface area contributed by atoms with E-state index in [1.165, 1.54) is 0 Å². The lowest BCUT2D eigenvalue weighted by molar-refractivity contribution is 0.393. The summed E-state index contributed by atoms with van der Waals surface area (Å²) < 4.78 is 24.6. The Morgan fingerprint density at radius 2 is 1.24 bits per heavy atom. The Balaban J connectivity index is 1.93. The van der Waals surface area contributed by atoms with Crippen molar-refractivity contribution in [2.24, 2.45) is 0 Å². The molecule has 0 aliphatic carbocycles. The van der Waals surface area contributed by atoms with Crippen LogP contribution >= 0.6 is 30.9 Å². The van der Waals surface area contributed by atoms with Crippen LogP contribution in [0.3, 0.4) is 0 Å². The van der Waals surface area contributed by atoms with E-state index in [1.54, 1.807) is 66.7 Å². The molecule has 3 rings (SSSR count). The number of para-hydroxylation sites is 2. The molecule has 0 unspecified atom stereocenters. The average Bonchev–Trinajstić information content (AvgIpc) is 2.60. The van der Waals surface area contributed by atoms with Crippen molar-refractivity contribution in [2.45, 2.75) is 0 Å². The van der Waals surface area contributed by atoms with Crippen molar-refractivity contribution in [3.8, 4) is 11.5 Å². The fourth-order valence-electron chi connectivity index (χ4n) is 2.04. The Morgan fingerprint density at radius 3 is 1.76 bits per heavy atom. The summed E-state index contributed by atoms with van der Waals surface area (Å²) in [6, 6.07) is 22.4. The van der Waals surface area contributed by atoms with Crippen molar-refractivity contribution in [1.82, 2.24) is 0 Å². The van der Waals surface area contributed by atoms with Gasteiger partial charge in [0, 0.05) is 0 Å². The largest absolute Gasteiger partial charge is 0.541 e. The number of hydrogen-bond acceptors (Lipinski definition) is 3. The Morgan fingerprint density at radius 1 is 0.720 bits per heavy atom. The summed E-state index contributed by atoms with van der Waals surface area (Å²) >= 11 is 12.2. The van der Waals surface area contributed by atoms with E-state index in [9.17, 15) is 4.57 Å². The molecule has 3 aromatic rings. The first-order chi connectivity index (χ1) is 12.1. The summed E-state index contributed by atoms with van der Waals surface area (Å²) in [5, 5.41) is 3.32. The van der Waals surface area contributed by atoms with Crippen LogP contribution in [-0.2, 0) is 4.57 Å². The maximum atomic E-state index is 13.3. The highest BCUT2D eigenvalue weighted by Gasteiger charge is 2.30. The second-order valence-corrected chi connectivity index (χ2v) is 7.39. The highest BCUT2D eigenvalue weighted by atomic mass is 35.5. The minimum atomic E-state index is -3.82. The minimum absolute atomic E-state index is 0.234. The Kier molecular flexibility index (Phi) is 5.54. The normalized spacial score (nSPS) is 11.0. The first-order valence-corrected chi connectivity index (χ1v) is 9.67. The van der Waals surface area contributed by atoms with Gasteiger partial charge >= 0.3 is 7.75 Å². The lowest BCUT2D eigenvalue weighted by Crippen LogP contribution is -2.10. The van der Waals surface area contributed by atoms with Gasteiger partial charge in [0.05, 0.1) is 15.7 Å². The molecule has 4 nitrogen and oxygen atoms in total. The zero-order valence-electron chi connectivity index (χ0n) is 12.9. The van der Waals surface area contributed by atoms with Crippen LogP contribution in [-0.4, -0.2) is 0 Å². The molecule has 0 spiro atoms. The molecule has 0 fully saturated rings. The Bertz CT molecular complexity index is 846. The third-order valence-electron chi connectivity index (χ3n) is 3.15. The van der Waals surface area contributed by atoms with Crippen LogP contribution in [0.2, 0.25) is 10.0 Å². The molecular weight excluding hydrogens is 380 g/mol. The van der Waals surface area contributed by atoms with Gasteiger partial charge in [-0.15, -0.1) is 0 Å². The van der Waals surface area contributed by atoms with E-state index >= 15 is 0 Å². The van der Waals surface area contributed by atoms with Crippen molar-refractivity contribution in [3.05, 3.63) is 88.9 Å². The predicted molar refractivity (Wildman–Crippen MR) is 102 cm³/mol. The quantitative estimate of drug-likeness (QED) is 0.475. The monoisotopic (exact) mass is 393 g/mol. The SMILES string of the molecule is O=P(Nc1cccc(Cl)c1Cl)(Oc1ccccc1)Oc1ccccc1. The minimum Gasteiger partial charge on any atom is -0.400 e. The topological polar surface area (TPSA) is 47.6 Å². The van der Waals surface area contributed by atoms with Crippen molar-refractivity contribution in [2.75, 3.05) is 5.09 Å². The molecule has 0 heterocycles. The van der Waals surface area contributed by atoms with Crippen LogP contribution in [0.15, 0.2) is 78.9 Å². The van der Waals surface area contributed by atoms with Gasteiger partial charge < -0.3 is 9.05 Å². The van der Waals surface area contributed by atoms with Crippen molar-refractivity contribution in [3.63, 3.8) is 0 Å². The first kappa shape index (κ1) is 17.7. The average molecular weight is 394 g/mol. The number of rotatable bonds is 6. The van der Waals surface area contributed by atoms with E-state index < -0.39 is 7.75 Å². The second kappa shape index (κ2) is 7.83. The molecule has 0 saturated heterocycles. The van der Waals surface area contributed by atoms with Gasteiger partial charge in [-0.05, 0) is 36.4 Å². The Hall–Kier alpha value is -2.13. The van der Waals surface area contributed by atoms with Gasteiger partial charge in [0.25, 0.3) is 0 Å². The van der Waals surface area contributed by atoms with Crippen LogP contribution in [0, 0.1) is 0 Å². The fraction of sp³-hybridized carbons (Fsp3) is 0. The lowest BCUT2D eigenvalue weighted by Gasteiger charge is -2.21. The molecule has 25 heavy (non-hydrogen) atoms. The molecule has 3 aromatic carbocycles. The van der Waals surface area contributed by atoms with Gasteiger partial charge in [-0.3, -0.25) is 5.09 Å². The highest BCUT2D eigenvalue weighted by Crippen LogP contribution is 2.50. The number of hydrogen-bond donors (Lipinski definition) is 1. The molecule has 0 saturated carbocycles. The zero-order chi connectivity index (χ0) is 17.7. The van der Waals surface area contributed by atoms with Crippen LogP contribution < -0.4 is 14.1 Å². The summed E-state index contributed by atoms with van der Waals surface area (Å²) in [5.41, 5.74) is 0.351. The molecule has 7 heteroatoms. The molecule has 0 amide bonds. The Labute approximate surface area is 155 Å². The zero-order valence-corrected chi connectivity index (χ0v) is 15.3. The van der Waals surface area contributed by atoms with Crippen LogP contribution in [0.1, 0.15) is 0 Å². The van der Waals surface area contributed by atoms with E-state index in [1.807, 2.05) is 12.1 Å². The highest BCUT2D eigenvalue weighted by molar-refractivity contribution is 7.56. The van der Waals surface area contributed by atoms with E-state index in [0.29, 0.717) is 22.2 Å². The predicted octanol–water partition coefficient (Wildman–Crippen LogP) is 6.67. The van der Waals surface area contributed by atoms with Crippen molar-refractivity contribution >= 4 is 36.6 Å². The number of benzene rings is 3. The third-order valence-corrected chi connectivity index (χ3v) is 5.38. The van der Waals surface area contributed by atoms with Crippen molar-refractivity contribution < 1.29 is 13.6 Å². The molecule has 0 bridgehead atoms. The van der Waals surface area contributed by atoms with Crippen LogP contribution in [0.25, 0.3) is 0 Å². The molecular formula is C18H14Cl2NO3P. The summed E-state index contributed by atoms with van der Waals surface area (Å²) in [6.45, 7) is 0. The third kappa shape index (κ3) is 4.70. The molecule has 0 aliphatic rings. The van der Waals surface area contributed by atoms with Crippen LogP contribution in [0.5, 0.6) is 11.5 Å². The summed E-state index contributed by atoms with van der Waals surface area (Å²) in [4.78, 5) is 0. The maximum absolute atomic E-state index is 13.3. The standard InChI is InChI=1S/C18H14Cl2NO3P/c19-16-12-7-13-17(18(16)20)21-25(22,23-14-8-3-1-4-9-14)24-15-10-5-2-6-11-15/h1-13H,(H,21,22). The molecule has 128 valence electrons. The maximum Gasteiger partial charge on any atom is 0.541 e. The number of nitrogens with one attached hydrogen (secondary N) is 1. The lowest BCUT2D eigenvalue weighted by atomic mass is 10.3. The van der Waals surface area contributed by atoms with E-state index in [-0.39, 0.29) is 5.02 Å². The van der Waals surface area contributed by atoms with E-state index in [4.69, 9.17) is 32.2 Å². The van der Waals surface area contributed by atoms with Gasteiger partial charge in [0.15, 0.2) is 0 Å². The van der Waals surface area contributed by atoms with Gasteiger partial charge in [0.2, 0.25) is 0 Å². The summed E-state index contributed by atoms with van der Waals surface area (Å²) in [6.07, 6.45) is 0. The smallest absolute Gasteiger partial charge is 0.400 e. The van der Waals surface area contributed by atoms with Crippen LogP contribution in [0.4, 0.5) is 5.69 Å². The number of halogens is 2. The van der Waals surface area contributed by atoms with E-state index in [0.717, 1.165) is 0 Å². The molecule has 0 aliphatic heterocycles.